The lowest BCUT2D eigenvalue weighted by Crippen LogP contribution is -2.39. The molecule has 0 unspecified atom stereocenters. The van der Waals surface area contributed by atoms with Crippen LogP contribution in [0.25, 0.3) is 0 Å². The van der Waals surface area contributed by atoms with Gasteiger partial charge in [0.05, 0.1) is 0 Å². The Morgan fingerprint density at radius 2 is 1.89 bits per heavy atom. The van der Waals surface area contributed by atoms with Gasteiger partial charge in [-0.25, -0.2) is 0 Å². The van der Waals surface area contributed by atoms with Gasteiger partial charge in [0.2, 0.25) is 0 Å². The first kappa shape index (κ1) is 13.8. The van der Waals surface area contributed by atoms with E-state index in [2.05, 4.69) is 47.7 Å². The zero-order valence-electron chi connectivity index (χ0n) is 11.5. The van der Waals surface area contributed by atoms with Crippen molar-refractivity contribution in [3.05, 3.63) is 24.3 Å². The van der Waals surface area contributed by atoms with E-state index in [4.69, 9.17) is 0 Å². The van der Waals surface area contributed by atoms with Crippen LogP contribution < -0.4 is 5.32 Å². The van der Waals surface area contributed by atoms with Crippen LogP contribution in [0.15, 0.2) is 29.2 Å². The molecule has 1 aromatic rings. The Bertz CT molecular complexity index is 342. The van der Waals surface area contributed by atoms with Crippen LogP contribution in [0.2, 0.25) is 0 Å². The Kier molecular flexibility index (Phi) is 5.39. The fourth-order valence-corrected chi connectivity index (χ4v) is 2.95. The lowest BCUT2D eigenvalue weighted by atomic mass is 10.0. The maximum Gasteiger partial charge on any atom is 0.0343 e. The van der Waals surface area contributed by atoms with Crippen LogP contribution in [0.1, 0.15) is 26.2 Å². The van der Waals surface area contributed by atoms with Gasteiger partial charge in [-0.05, 0) is 56.3 Å². The average molecular weight is 264 g/mol. The molecule has 0 amide bonds. The third-order valence-electron chi connectivity index (χ3n) is 3.59. The number of thioether (sulfide) groups is 1. The van der Waals surface area contributed by atoms with Crippen LogP contribution >= 0.6 is 11.8 Å². The number of nitrogens with zero attached hydrogens (tertiary/aromatic N) is 1. The van der Waals surface area contributed by atoms with E-state index in [0.717, 1.165) is 0 Å². The standard InChI is InChI=1S/C15H24N2S/c1-3-10-17-11-8-14(9-12-17)16-13-4-6-15(18-2)7-5-13/h4-7,14,16H,3,8-12H2,1-2H3. The zero-order valence-corrected chi connectivity index (χ0v) is 12.3. The van der Waals surface area contributed by atoms with Gasteiger partial charge in [-0.1, -0.05) is 6.92 Å². The van der Waals surface area contributed by atoms with Gasteiger partial charge in [0, 0.05) is 29.7 Å². The van der Waals surface area contributed by atoms with Gasteiger partial charge in [-0.15, -0.1) is 11.8 Å². The van der Waals surface area contributed by atoms with Crippen LogP contribution in [0.5, 0.6) is 0 Å². The molecule has 0 aliphatic carbocycles. The molecule has 1 N–H and O–H groups in total. The van der Waals surface area contributed by atoms with Gasteiger partial charge in [-0.3, -0.25) is 0 Å². The van der Waals surface area contributed by atoms with E-state index in [1.807, 2.05) is 0 Å². The van der Waals surface area contributed by atoms with Gasteiger partial charge in [0.1, 0.15) is 0 Å². The minimum Gasteiger partial charge on any atom is -0.382 e. The third-order valence-corrected chi connectivity index (χ3v) is 4.33. The van der Waals surface area contributed by atoms with Crippen molar-refractivity contribution in [1.82, 2.24) is 4.90 Å². The van der Waals surface area contributed by atoms with E-state index in [0.29, 0.717) is 6.04 Å². The molecule has 100 valence electrons. The number of benzene rings is 1. The topological polar surface area (TPSA) is 15.3 Å². The third kappa shape index (κ3) is 3.92. The Morgan fingerprint density at radius 3 is 2.44 bits per heavy atom. The molecule has 0 radical (unpaired) electrons. The monoisotopic (exact) mass is 264 g/mol. The van der Waals surface area contributed by atoms with Gasteiger partial charge in [0.25, 0.3) is 0 Å². The van der Waals surface area contributed by atoms with E-state index >= 15 is 0 Å². The van der Waals surface area contributed by atoms with Gasteiger partial charge in [0.15, 0.2) is 0 Å². The minimum absolute atomic E-state index is 0.651. The van der Waals surface area contributed by atoms with Crippen LogP contribution in [0, 0.1) is 0 Å². The first-order valence-electron chi connectivity index (χ1n) is 6.94. The Balaban J connectivity index is 1.80. The molecule has 1 heterocycles. The molecule has 1 aliphatic rings. The van der Waals surface area contributed by atoms with Crippen molar-refractivity contribution in [3.8, 4) is 0 Å². The minimum atomic E-state index is 0.651. The summed E-state index contributed by atoms with van der Waals surface area (Å²) in [5.74, 6) is 0. The number of piperidine rings is 1. The summed E-state index contributed by atoms with van der Waals surface area (Å²) in [4.78, 5) is 3.91. The van der Waals surface area contributed by atoms with Crippen molar-refractivity contribution in [3.63, 3.8) is 0 Å². The summed E-state index contributed by atoms with van der Waals surface area (Å²) < 4.78 is 0. The summed E-state index contributed by atoms with van der Waals surface area (Å²) in [7, 11) is 0. The summed E-state index contributed by atoms with van der Waals surface area (Å²) >= 11 is 1.79. The highest BCUT2D eigenvalue weighted by molar-refractivity contribution is 7.98. The quantitative estimate of drug-likeness (QED) is 0.817. The SMILES string of the molecule is CCCN1CCC(Nc2ccc(SC)cc2)CC1. The van der Waals surface area contributed by atoms with E-state index in [9.17, 15) is 0 Å². The lowest BCUT2D eigenvalue weighted by molar-refractivity contribution is 0.219. The van der Waals surface area contributed by atoms with Crippen LogP contribution in [0.4, 0.5) is 5.69 Å². The van der Waals surface area contributed by atoms with Crippen molar-refractivity contribution in [2.75, 3.05) is 31.2 Å². The fraction of sp³-hybridized carbons (Fsp3) is 0.600. The molecule has 0 aromatic heterocycles. The zero-order chi connectivity index (χ0) is 12.8. The predicted molar refractivity (Wildman–Crippen MR) is 81.6 cm³/mol. The normalized spacial score (nSPS) is 17.9. The van der Waals surface area contributed by atoms with Gasteiger partial charge in [-0.2, -0.15) is 0 Å². The number of hydrogen-bond donors (Lipinski definition) is 1. The first-order valence-corrected chi connectivity index (χ1v) is 8.17. The van der Waals surface area contributed by atoms with Crippen molar-refractivity contribution in [2.24, 2.45) is 0 Å². The smallest absolute Gasteiger partial charge is 0.0343 e. The summed E-state index contributed by atoms with van der Waals surface area (Å²) in [5.41, 5.74) is 1.27. The molecule has 3 heteroatoms. The van der Waals surface area contributed by atoms with Gasteiger partial charge >= 0.3 is 0 Å². The van der Waals surface area contributed by atoms with Crippen molar-refractivity contribution >= 4 is 17.4 Å². The van der Waals surface area contributed by atoms with Crippen molar-refractivity contribution in [1.29, 1.82) is 0 Å². The molecule has 0 saturated carbocycles. The van der Waals surface area contributed by atoms with E-state index in [-0.39, 0.29) is 0 Å². The first-order chi connectivity index (χ1) is 8.81. The molecular weight excluding hydrogens is 240 g/mol. The lowest BCUT2D eigenvalue weighted by Gasteiger charge is -2.32. The number of rotatable bonds is 5. The van der Waals surface area contributed by atoms with Crippen molar-refractivity contribution in [2.45, 2.75) is 37.1 Å². The van der Waals surface area contributed by atoms with E-state index < -0.39 is 0 Å². The van der Waals surface area contributed by atoms with E-state index in [1.54, 1.807) is 11.8 Å². The second kappa shape index (κ2) is 7.05. The molecule has 1 aliphatic heterocycles. The molecule has 0 bridgehead atoms. The van der Waals surface area contributed by atoms with Crippen LogP contribution in [-0.2, 0) is 0 Å². The highest BCUT2D eigenvalue weighted by atomic mass is 32.2. The second-order valence-corrected chi connectivity index (χ2v) is 5.87. The molecule has 18 heavy (non-hydrogen) atoms. The number of hydrogen-bond acceptors (Lipinski definition) is 3. The fourth-order valence-electron chi connectivity index (χ4n) is 2.54. The second-order valence-electron chi connectivity index (χ2n) is 4.99. The summed E-state index contributed by atoms with van der Waals surface area (Å²) in [6.45, 7) is 6.01. The van der Waals surface area contributed by atoms with Gasteiger partial charge < -0.3 is 10.2 Å². The Labute approximate surface area is 115 Å². The predicted octanol–water partition coefficient (Wildman–Crippen LogP) is 3.69. The highest BCUT2D eigenvalue weighted by Crippen LogP contribution is 2.20. The molecule has 1 saturated heterocycles. The number of anilines is 1. The summed E-state index contributed by atoms with van der Waals surface area (Å²) in [6.07, 6.45) is 5.93. The maximum absolute atomic E-state index is 3.66. The molecule has 1 fully saturated rings. The van der Waals surface area contributed by atoms with E-state index in [1.165, 1.54) is 49.5 Å². The highest BCUT2D eigenvalue weighted by Gasteiger charge is 2.17. The summed E-state index contributed by atoms with van der Waals surface area (Å²) in [5, 5.41) is 3.66. The number of likely N-dealkylation sites (tertiary alicyclic amines) is 1. The Morgan fingerprint density at radius 1 is 1.22 bits per heavy atom. The maximum atomic E-state index is 3.66. The molecule has 1 aromatic carbocycles. The van der Waals surface area contributed by atoms with Crippen molar-refractivity contribution < 1.29 is 0 Å². The molecule has 2 nitrogen and oxygen atoms in total. The average Bonchev–Trinajstić information content (AvgIpc) is 2.42. The number of nitrogens with one attached hydrogen (secondary N) is 1. The van der Waals surface area contributed by atoms with Crippen LogP contribution in [0.3, 0.4) is 0 Å². The summed E-state index contributed by atoms with van der Waals surface area (Å²) in [6, 6.07) is 9.44. The van der Waals surface area contributed by atoms with Crippen LogP contribution in [-0.4, -0.2) is 36.8 Å². The molecule has 0 atom stereocenters. The molecule has 2 rings (SSSR count). The Hall–Kier alpha value is -0.670. The molecule has 0 spiro atoms. The largest absolute Gasteiger partial charge is 0.382 e. The molecular formula is C15H24N2S.